The van der Waals surface area contributed by atoms with E-state index in [0.717, 1.165) is 17.1 Å². The molecule has 2 aromatic rings. The van der Waals surface area contributed by atoms with E-state index in [-0.39, 0.29) is 0 Å². The molecule has 0 radical (unpaired) electrons. The second kappa shape index (κ2) is 4.92. The van der Waals surface area contributed by atoms with Crippen LogP contribution in [0.2, 0.25) is 0 Å². The molecule has 0 aliphatic heterocycles. The summed E-state index contributed by atoms with van der Waals surface area (Å²) in [6.07, 6.45) is 0. The number of rotatable bonds is 3. The van der Waals surface area contributed by atoms with Crippen molar-refractivity contribution in [3.63, 3.8) is 0 Å². The maximum Gasteiger partial charge on any atom is 0.214 e. The molecule has 18 heavy (non-hydrogen) atoms. The first-order valence-corrected chi connectivity index (χ1v) is 5.74. The molecule has 0 saturated heterocycles. The van der Waals surface area contributed by atoms with Crippen LogP contribution in [0, 0.1) is 25.2 Å². The molecule has 0 unspecified atom stereocenters. The summed E-state index contributed by atoms with van der Waals surface area (Å²) >= 11 is 0. The number of anilines is 1. The lowest BCUT2D eigenvalue weighted by Crippen LogP contribution is -2.16. The summed E-state index contributed by atoms with van der Waals surface area (Å²) in [5.74, 6) is 1.56. The van der Waals surface area contributed by atoms with E-state index < -0.39 is 0 Å². The average molecular weight is 241 g/mol. The number of nitriles is 1. The zero-order chi connectivity index (χ0) is 13.1. The average Bonchev–Trinajstić information content (AvgIpc) is 2.68. The Labute approximate surface area is 106 Å². The molecule has 4 nitrogen and oxygen atoms in total. The molecule has 0 amide bonds. The van der Waals surface area contributed by atoms with Gasteiger partial charge in [0.1, 0.15) is 5.76 Å². The Morgan fingerprint density at radius 3 is 2.44 bits per heavy atom. The molecule has 2 rings (SSSR count). The standard InChI is InChI=1S/C14H15N3O/c1-10-11(2)18-14(16-10)9-17(3)13-6-4-12(8-15)5-7-13/h4-7H,9H2,1-3H3. The highest BCUT2D eigenvalue weighted by Gasteiger charge is 2.09. The van der Waals surface area contributed by atoms with E-state index in [1.165, 1.54) is 0 Å². The fourth-order valence-corrected chi connectivity index (χ4v) is 1.69. The zero-order valence-corrected chi connectivity index (χ0v) is 10.8. The quantitative estimate of drug-likeness (QED) is 0.829. The van der Waals surface area contributed by atoms with Crippen molar-refractivity contribution in [2.75, 3.05) is 11.9 Å². The van der Waals surface area contributed by atoms with E-state index in [0.29, 0.717) is 18.0 Å². The van der Waals surface area contributed by atoms with Crippen LogP contribution in [-0.2, 0) is 6.54 Å². The Balaban J connectivity index is 2.11. The molecule has 1 aromatic heterocycles. The molecule has 4 heteroatoms. The van der Waals surface area contributed by atoms with Gasteiger partial charge in [0.05, 0.1) is 23.9 Å². The van der Waals surface area contributed by atoms with E-state index >= 15 is 0 Å². The lowest BCUT2D eigenvalue weighted by atomic mass is 10.2. The number of hydrogen-bond acceptors (Lipinski definition) is 4. The topological polar surface area (TPSA) is 53.1 Å². The Hall–Kier alpha value is -2.28. The summed E-state index contributed by atoms with van der Waals surface area (Å²) < 4.78 is 5.55. The van der Waals surface area contributed by atoms with Gasteiger partial charge in [-0.25, -0.2) is 4.98 Å². The second-order valence-electron chi connectivity index (χ2n) is 4.26. The molecular weight excluding hydrogens is 226 g/mol. The normalized spacial score (nSPS) is 10.1. The van der Waals surface area contributed by atoms with Crippen LogP contribution >= 0.6 is 0 Å². The molecule has 0 atom stereocenters. The van der Waals surface area contributed by atoms with E-state index in [2.05, 4.69) is 11.1 Å². The lowest BCUT2D eigenvalue weighted by Gasteiger charge is -2.17. The summed E-state index contributed by atoms with van der Waals surface area (Å²) in [7, 11) is 1.97. The summed E-state index contributed by atoms with van der Waals surface area (Å²) in [6, 6.07) is 9.55. The van der Waals surface area contributed by atoms with Gasteiger partial charge < -0.3 is 9.32 Å². The molecule has 1 heterocycles. The van der Waals surface area contributed by atoms with Gasteiger partial charge in [0.2, 0.25) is 5.89 Å². The molecule has 92 valence electrons. The minimum absolute atomic E-state index is 0.612. The van der Waals surface area contributed by atoms with Gasteiger partial charge in [-0.15, -0.1) is 0 Å². The first-order valence-electron chi connectivity index (χ1n) is 5.74. The van der Waals surface area contributed by atoms with E-state index in [1.54, 1.807) is 12.1 Å². The van der Waals surface area contributed by atoms with Gasteiger partial charge in [-0.3, -0.25) is 0 Å². The van der Waals surface area contributed by atoms with Crippen LogP contribution in [0.4, 0.5) is 5.69 Å². The monoisotopic (exact) mass is 241 g/mol. The van der Waals surface area contributed by atoms with E-state index in [4.69, 9.17) is 9.68 Å². The fraction of sp³-hybridized carbons (Fsp3) is 0.286. The SMILES string of the molecule is Cc1nc(CN(C)c2ccc(C#N)cc2)oc1C. The summed E-state index contributed by atoms with van der Waals surface area (Å²) in [5, 5.41) is 8.75. The van der Waals surface area contributed by atoms with Crippen molar-refractivity contribution in [1.82, 2.24) is 4.98 Å². The highest BCUT2D eigenvalue weighted by atomic mass is 16.4. The van der Waals surface area contributed by atoms with E-state index in [9.17, 15) is 0 Å². The van der Waals surface area contributed by atoms with Crippen LogP contribution in [0.3, 0.4) is 0 Å². The highest BCUT2D eigenvalue weighted by molar-refractivity contribution is 5.48. The van der Waals surface area contributed by atoms with Crippen molar-refractivity contribution in [1.29, 1.82) is 5.26 Å². The van der Waals surface area contributed by atoms with Crippen molar-refractivity contribution in [3.8, 4) is 6.07 Å². The van der Waals surface area contributed by atoms with Crippen LogP contribution < -0.4 is 4.90 Å². The van der Waals surface area contributed by atoms with Crippen LogP contribution in [0.25, 0.3) is 0 Å². The number of aromatic nitrogens is 1. The minimum Gasteiger partial charge on any atom is -0.444 e. The zero-order valence-electron chi connectivity index (χ0n) is 10.8. The molecule has 0 fully saturated rings. The Bertz CT molecular complexity index is 559. The first-order chi connectivity index (χ1) is 8.60. The van der Waals surface area contributed by atoms with Crippen molar-refractivity contribution in [3.05, 3.63) is 47.2 Å². The molecule has 0 saturated carbocycles. The second-order valence-corrected chi connectivity index (χ2v) is 4.26. The lowest BCUT2D eigenvalue weighted by molar-refractivity contribution is 0.469. The third kappa shape index (κ3) is 2.51. The number of aryl methyl sites for hydroxylation is 2. The van der Waals surface area contributed by atoms with Crippen molar-refractivity contribution in [2.45, 2.75) is 20.4 Å². The molecule has 0 N–H and O–H groups in total. The van der Waals surface area contributed by atoms with Gasteiger partial charge in [0.15, 0.2) is 0 Å². The molecule has 0 bridgehead atoms. The maximum absolute atomic E-state index is 8.75. The van der Waals surface area contributed by atoms with Crippen molar-refractivity contribution < 1.29 is 4.42 Å². The van der Waals surface area contributed by atoms with Crippen LogP contribution in [0.15, 0.2) is 28.7 Å². The van der Waals surface area contributed by atoms with Gasteiger partial charge in [-0.2, -0.15) is 5.26 Å². The van der Waals surface area contributed by atoms with Gasteiger partial charge in [-0.05, 0) is 38.1 Å². The van der Waals surface area contributed by atoms with Gasteiger partial charge in [-0.1, -0.05) is 0 Å². The highest BCUT2D eigenvalue weighted by Crippen LogP contribution is 2.17. The third-order valence-electron chi connectivity index (χ3n) is 2.88. The van der Waals surface area contributed by atoms with E-state index in [1.807, 2.05) is 37.9 Å². The van der Waals surface area contributed by atoms with Crippen LogP contribution in [-0.4, -0.2) is 12.0 Å². The fourth-order valence-electron chi connectivity index (χ4n) is 1.69. The van der Waals surface area contributed by atoms with Crippen molar-refractivity contribution >= 4 is 5.69 Å². The first kappa shape index (κ1) is 12.2. The largest absolute Gasteiger partial charge is 0.444 e. The van der Waals surface area contributed by atoms with Crippen LogP contribution in [0.1, 0.15) is 22.9 Å². The molecule has 0 aliphatic carbocycles. The molecule has 1 aromatic carbocycles. The molecule has 0 aliphatic rings. The summed E-state index contributed by atoms with van der Waals surface area (Å²) in [5.41, 5.74) is 2.62. The predicted octanol–water partition coefficient (Wildman–Crippen LogP) is 2.80. The van der Waals surface area contributed by atoms with Gasteiger partial charge in [0, 0.05) is 12.7 Å². The van der Waals surface area contributed by atoms with Gasteiger partial charge in [0.25, 0.3) is 0 Å². The molecular formula is C14H15N3O. The van der Waals surface area contributed by atoms with Crippen molar-refractivity contribution in [2.24, 2.45) is 0 Å². The number of oxazole rings is 1. The maximum atomic E-state index is 8.75. The predicted molar refractivity (Wildman–Crippen MR) is 69.2 cm³/mol. The Kier molecular flexibility index (Phi) is 3.33. The number of nitrogens with zero attached hydrogens (tertiary/aromatic N) is 3. The minimum atomic E-state index is 0.612. The molecule has 0 spiro atoms. The number of benzene rings is 1. The Morgan fingerprint density at radius 2 is 1.94 bits per heavy atom. The number of hydrogen-bond donors (Lipinski definition) is 0. The smallest absolute Gasteiger partial charge is 0.214 e. The third-order valence-corrected chi connectivity index (χ3v) is 2.88. The Morgan fingerprint density at radius 1 is 1.28 bits per heavy atom. The summed E-state index contributed by atoms with van der Waals surface area (Å²) in [4.78, 5) is 6.38. The van der Waals surface area contributed by atoms with Crippen LogP contribution in [0.5, 0.6) is 0 Å². The van der Waals surface area contributed by atoms with Gasteiger partial charge >= 0.3 is 0 Å². The summed E-state index contributed by atoms with van der Waals surface area (Å²) in [6.45, 7) is 4.46.